The van der Waals surface area contributed by atoms with Gasteiger partial charge in [0.2, 0.25) is 10.0 Å². The zero-order valence-corrected chi connectivity index (χ0v) is 15.1. The Morgan fingerprint density at radius 1 is 1.17 bits per heavy atom. The summed E-state index contributed by atoms with van der Waals surface area (Å²) in [5.41, 5.74) is 2.53. The van der Waals surface area contributed by atoms with Crippen molar-refractivity contribution in [3.8, 4) is 0 Å². The Morgan fingerprint density at radius 2 is 2.00 bits per heavy atom. The molecular formula is C18H26N2O3S. The molecule has 0 spiro atoms. The molecule has 2 unspecified atom stereocenters. The van der Waals surface area contributed by atoms with Crippen LogP contribution in [0.15, 0.2) is 23.1 Å². The quantitative estimate of drug-likeness (QED) is 0.811. The zero-order chi connectivity index (χ0) is 16.7. The average molecular weight is 350 g/mol. The lowest BCUT2D eigenvalue weighted by Crippen LogP contribution is -2.53. The Balaban J connectivity index is 1.58. The standard InChI is InChI=1S/C18H26N2O3S/c1-19-9-10-23-13-16-7-8-20(12-18(16)19)24(21,22)17-6-5-14-3-2-4-15(14)11-17/h5-6,11,16,18H,2-4,7-10,12-13H2,1H3. The molecule has 0 radical (unpaired) electrons. The van der Waals surface area contributed by atoms with Crippen LogP contribution in [-0.2, 0) is 27.6 Å². The molecule has 0 saturated carbocycles. The van der Waals surface area contributed by atoms with E-state index in [9.17, 15) is 8.42 Å². The monoisotopic (exact) mass is 350 g/mol. The van der Waals surface area contributed by atoms with Crippen LogP contribution in [-0.4, -0.2) is 63.6 Å². The normalized spacial score (nSPS) is 29.0. The summed E-state index contributed by atoms with van der Waals surface area (Å²) >= 11 is 0. The van der Waals surface area contributed by atoms with Crippen LogP contribution in [0.4, 0.5) is 0 Å². The summed E-state index contributed by atoms with van der Waals surface area (Å²) in [7, 11) is -1.32. The summed E-state index contributed by atoms with van der Waals surface area (Å²) in [6.07, 6.45) is 4.09. The third-order valence-corrected chi connectivity index (χ3v) is 7.74. The first-order valence-electron chi connectivity index (χ1n) is 8.95. The molecule has 2 saturated heterocycles. The van der Waals surface area contributed by atoms with Crippen molar-refractivity contribution in [1.29, 1.82) is 0 Å². The first kappa shape index (κ1) is 16.5. The number of piperidine rings is 1. The number of nitrogens with zero attached hydrogens (tertiary/aromatic N) is 2. The highest BCUT2D eigenvalue weighted by atomic mass is 32.2. The fourth-order valence-corrected chi connectivity index (χ4v) is 5.85. The summed E-state index contributed by atoms with van der Waals surface area (Å²) < 4.78 is 33.6. The molecule has 2 heterocycles. The molecule has 4 rings (SSSR count). The van der Waals surface area contributed by atoms with Crippen LogP contribution in [0.3, 0.4) is 0 Å². The Labute approximate surface area is 144 Å². The number of ether oxygens (including phenoxy) is 1. The molecule has 2 fully saturated rings. The van der Waals surface area contributed by atoms with E-state index in [1.807, 2.05) is 12.1 Å². The van der Waals surface area contributed by atoms with Crippen LogP contribution in [0.5, 0.6) is 0 Å². The van der Waals surface area contributed by atoms with E-state index >= 15 is 0 Å². The molecule has 3 aliphatic rings. The van der Waals surface area contributed by atoms with Gasteiger partial charge in [-0.2, -0.15) is 4.31 Å². The smallest absolute Gasteiger partial charge is 0.243 e. The molecule has 1 aromatic rings. The summed E-state index contributed by atoms with van der Waals surface area (Å²) in [5.74, 6) is 0.434. The topological polar surface area (TPSA) is 49.9 Å². The van der Waals surface area contributed by atoms with Gasteiger partial charge in [-0.3, -0.25) is 4.90 Å². The molecule has 5 nitrogen and oxygen atoms in total. The summed E-state index contributed by atoms with van der Waals surface area (Å²) in [6, 6.07) is 5.97. The molecule has 0 N–H and O–H groups in total. The van der Waals surface area contributed by atoms with Crippen molar-refractivity contribution in [2.75, 3.05) is 39.9 Å². The summed E-state index contributed by atoms with van der Waals surface area (Å²) in [5, 5.41) is 0. The van der Waals surface area contributed by atoms with E-state index < -0.39 is 10.0 Å². The molecule has 24 heavy (non-hydrogen) atoms. The second kappa shape index (κ2) is 6.41. The number of hydrogen-bond donors (Lipinski definition) is 0. The third-order valence-electron chi connectivity index (χ3n) is 5.88. The van der Waals surface area contributed by atoms with Crippen LogP contribution in [0.2, 0.25) is 0 Å². The maximum Gasteiger partial charge on any atom is 0.243 e. The number of aryl methyl sites for hydroxylation is 2. The van der Waals surface area contributed by atoms with Crippen molar-refractivity contribution in [1.82, 2.24) is 9.21 Å². The van der Waals surface area contributed by atoms with Gasteiger partial charge in [-0.05, 0) is 56.0 Å². The van der Waals surface area contributed by atoms with Crippen molar-refractivity contribution in [3.05, 3.63) is 29.3 Å². The molecule has 6 heteroatoms. The van der Waals surface area contributed by atoms with E-state index in [-0.39, 0.29) is 6.04 Å². The zero-order valence-electron chi connectivity index (χ0n) is 14.3. The first-order chi connectivity index (χ1) is 11.6. The van der Waals surface area contributed by atoms with Crippen molar-refractivity contribution in [2.45, 2.75) is 36.6 Å². The van der Waals surface area contributed by atoms with Crippen molar-refractivity contribution in [3.63, 3.8) is 0 Å². The van der Waals surface area contributed by atoms with Gasteiger partial charge in [0.15, 0.2) is 0 Å². The number of sulfonamides is 1. The predicted octanol–water partition coefficient (Wildman–Crippen LogP) is 1.52. The van der Waals surface area contributed by atoms with E-state index in [0.29, 0.717) is 23.9 Å². The summed E-state index contributed by atoms with van der Waals surface area (Å²) in [6.45, 7) is 3.53. The molecule has 2 atom stereocenters. The largest absolute Gasteiger partial charge is 0.380 e. The third kappa shape index (κ3) is 2.90. The van der Waals surface area contributed by atoms with Gasteiger partial charge in [0.05, 0.1) is 18.1 Å². The molecule has 0 amide bonds. The average Bonchev–Trinajstić information content (AvgIpc) is 2.98. The second-order valence-corrected chi connectivity index (χ2v) is 9.26. The van der Waals surface area contributed by atoms with E-state index in [1.54, 1.807) is 10.4 Å². The maximum atomic E-state index is 13.1. The fourth-order valence-electron chi connectivity index (χ4n) is 4.33. The Bertz CT molecular complexity index is 719. The van der Waals surface area contributed by atoms with Crippen LogP contribution < -0.4 is 0 Å². The molecule has 2 aliphatic heterocycles. The minimum atomic E-state index is -3.40. The van der Waals surface area contributed by atoms with Crippen molar-refractivity contribution >= 4 is 10.0 Å². The van der Waals surface area contributed by atoms with Crippen LogP contribution in [0.25, 0.3) is 0 Å². The highest BCUT2D eigenvalue weighted by molar-refractivity contribution is 7.89. The fraction of sp³-hybridized carbons (Fsp3) is 0.667. The van der Waals surface area contributed by atoms with Crippen LogP contribution in [0.1, 0.15) is 24.0 Å². The minimum absolute atomic E-state index is 0.255. The maximum absolute atomic E-state index is 13.1. The molecule has 1 aromatic carbocycles. The first-order valence-corrected chi connectivity index (χ1v) is 10.4. The molecule has 1 aliphatic carbocycles. The SMILES string of the molecule is CN1CCOCC2CCN(S(=O)(=O)c3ccc4c(c3)CCC4)CC21. The van der Waals surface area contributed by atoms with E-state index in [1.165, 1.54) is 11.1 Å². The Kier molecular flexibility index (Phi) is 4.41. The van der Waals surface area contributed by atoms with Gasteiger partial charge in [-0.15, -0.1) is 0 Å². The number of fused-ring (bicyclic) bond motifs is 2. The van der Waals surface area contributed by atoms with Crippen LogP contribution in [0, 0.1) is 5.92 Å². The van der Waals surface area contributed by atoms with Gasteiger partial charge >= 0.3 is 0 Å². The highest BCUT2D eigenvalue weighted by Crippen LogP contribution is 2.30. The summed E-state index contributed by atoms with van der Waals surface area (Å²) in [4.78, 5) is 2.73. The number of rotatable bonds is 2. The second-order valence-electron chi connectivity index (χ2n) is 7.32. The van der Waals surface area contributed by atoms with Gasteiger partial charge in [-0.25, -0.2) is 8.42 Å². The number of likely N-dealkylation sites (N-methyl/N-ethyl adjacent to an activating group) is 1. The lowest BCUT2D eigenvalue weighted by molar-refractivity contribution is 0.0859. The van der Waals surface area contributed by atoms with E-state index in [4.69, 9.17) is 4.74 Å². The molecule has 0 bridgehead atoms. The number of benzene rings is 1. The van der Waals surface area contributed by atoms with Crippen molar-refractivity contribution in [2.24, 2.45) is 5.92 Å². The van der Waals surface area contributed by atoms with E-state index in [0.717, 1.165) is 45.4 Å². The van der Waals surface area contributed by atoms with Gasteiger partial charge in [-0.1, -0.05) is 6.07 Å². The van der Waals surface area contributed by atoms with Gasteiger partial charge in [0.1, 0.15) is 0 Å². The van der Waals surface area contributed by atoms with E-state index in [2.05, 4.69) is 11.9 Å². The Hall–Kier alpha value is -0.950. The molecule has 132 valence electrons. The highest BCUT2D eigenvalue weighted by Gasteiger charge is 2.38. The van der Waals surface area contributed by atoms with Gasteiger partial charge in [0, 0.05) is 31.6 Å². The van der Waals surface area contributed by atoms with Gasteiger partial charge in [0.25, 0.3) is 0 Å². The number of hydrogen-bond acceptors (Lipinski definition) is 4. The lowest BCUT2D eigenvalue weighted by atomic mass is 9.93. The Morgan fingerprint density at radius 3 is 2.88 bits per heavy atom. The van der Waals surface area contributed by atoms with Gasteiger partial charge < -0.3 is 4.74 Å². The lowest BCUT2D eigenvalue weighted by Gasteiger charge is -2.40. The molecule has 0 aromatic heterocycles. The molecular weight excluding hydrogens is 324 g/mol. The van der Waals surface area contributed by atoms with Crippen LogP contribution >= 0.6 is 0 Å². The minimum Gasteiger partial charge on any atom is -0.380 e. The van der Waals surface area contributed by atoms with Crippen molar-refractivity contribution < 1.29 is 13.2 Å². The predicted molar refractivity (Wildman–Crippen MR) is 92.6 cm³/mol.